The maximum atomic E-state index is 10.2. The van der Waals surface area contributed by atoms with Crippen LogP contribution in [0, 0.1) is 0 Å². The number of rotatable bonds is 10. The first-order valence-electron chi connectivity index (χ1n) is 5.99. The summed E-state index contributed by atoms with van der Waals surface area (Å²) in [7, 11) is 0. The Balaban J connectivity index is 0. The zero-order chi connectivity index (χ0) is 10.6. The molecule has 0 aromatic rings. The van der Waals surface area contributed by atoms with E-state index in [9.17, 15) is 4.79 Å². The van der Waals surface area contributed by atoms with E-state index in [1.165, 1.54) is 44.9 Å². The van der Waals surface area contributed by atoms with Crippen LogP contribution in [0.1, 0.15) is 71.1 Å². The van der Waals surface area contributed by atoms with Crippen molar-refractivity contribution in [2.24, 2.45) is 0 Å². The summed E-state index contributed by atoms with van der Waals surface area (Å²) >= 11 is 0. The zero-order valence-corrected chi connectivity index (χ0v) is 13.5. The van der Waals surface area contributed by atoms with Gasteiger partial charge in [0, 0.05) is 57.8 Å². The van der Waals surface area contributed by atoms with Crippen LogP contribution >= 0.6 is 0 Å². The molecule has 0 bridgehead atoms. The third kappa shape index (κ3) is 17.7. The number of carboxylic acids is 1. The Morgan fingerprint density at radius 3 is 1.67 bits per heavy atom. The van der Waals surface area contributed by atoms with Crippen LogP contribution in [0.4, 0.5) is 0 Å². The van der Waals surface area contributed by atoms with Crippen molar-refractivity contribution < 1.29 is 9.90 Å². The molecule has 0 heterocycles. The van der Waals surface area contributed by atoms with E-state index in [0.717, 1.165) is 12.8 Å². The molecule has 0 fully saturated rings. The molecule has 0 saturated heterocycles. The van der Waals surface area contributed by atoms with Crippen LogP contribution in [0.25, 0.3) is 0 Å². The molecule has 0 aromatic heterocycles. The standard InChI is InChI=1S/C12H24O2.K/c1-2-3-4-5-6-7-8-9-10-11-12(13)14;/h2-11H2,1H3,(H,13,14);. The van der Waals surface area contributed by atoms with Gasteiger partial charge in [0.05, 0.1) is 0 Å². The fourth-order valence-corrected chi connectivity index (χ4v) is 1.59. The van der Waals surface area contributed by atoms with Gasteiger partial charge in [0.15, 0.2) is 0 Å². The van der Waals surface area contributed by atoms with Gasteiger partial charge in [-0.05, 0) is 6.42 Å². The van der Waals surface area contributed by atoms with Crippen LogP contribution < -0.4 is 0 Å². The summed E-state index contributed by atoms with van der Waals surface area (Å²) in [4.78, 5) is 10.2. The largest absolute Gasteiger partial charge is 0.481 e. The Bertz CT molecular complexity index is 138. The monoisotopic (exact) mass is 239 g/mol. The van der Waals surface area contributed by atoms with E-state index in [0.29, 0.717) is 6.42 Å². The fraction of sp³-hybridized carbons (Fsp3) is 0.917. The quantitative estimate of drug-likeness (QED) is 0.467. The average molecular weight is 239 g/mol. The van der Waals surface area contributed by atoms with Crippen molar-refractivity contribution in [3.8, 4) is 0 Å². The van der Waals surface area contributed by atoms with Crippen molar-refractivity contribution in [3.05, 3.63) is 0 Å². The van der Waals surface area contributed by atoms with E-state index >= 15 is 0 Å². The predicted octanol–water partition coefficient (Wildman–Crippen LogP) is 3.61. The Kier molecular flexibility index (Phi) is 18.6. The number of carbonyl (C=O) groups is 1. The number of hydrogen-bond acceptors (Lipinski definition) is 1. The van der Waals surface area contributed by atoms with Gasteiger partial charge in [-0.2, -0.15) is 0 Å². The Labute approximate surface area is 137 Å². The van der Waals surface area contributed by atoms with Gasteiger partial charge in [-0.15, -0.1) is 0 Å². The van der Waals surface area contributed by atoms with Gasteiger partial charge in [-0.3, -0.25) is 4.79 Å². The molecule has 0 saturated carbocycles. The molecule has 0 aliphatic rings. The third-order valence-corrected chi connectivity index (χ3v) is 2.49. The van der Waals surface area contributed by atoms with E-state index in [4.69, 9.17) is 5.11 Å². The molecule has 0 aromatic carbocycles. The van der Waals surface area contributed by atoms with E-state index < -0.39 is 5.97 Å². The van der Waals surface area contributed by atoms with Gasteiger partial charge < -0.3 is 5.11 Å². The fourth-order valence-electron chi connectivity index (χ4n) is 1.59. The molecule has 0 rings (SSSR count). The summed E-state index contributed by atoms with van der Waals surface area (Å²) in [5.41, 5.74) is 0. The van der Waals surface area contributed by atoms with E-state index in [1.54, 1.807) is 0 Å². The summed E-state index contributed by atoms with van der Waals surface area (Å²) < 4.78 is 0. The van der Waals surface area contributed by atoms with Gasteiger partial charge in [0.1, 0.15) is 0 Å². The van der Waals surface area contributed by atoms with E-state index in [2.05, 4.69) is 6.92 Å². The number of aliphatic carboxylic acids is 1. The van der Waals surface area contributed by atoms with Crippen LogP contribution in [0.3, 0.4) is 0 Å². The second-order valence-corrected chi connectivity index (χ2v) is 3.97. The first-order valence-corrected chi connectivity index (χ1v) is 5.99. The number of hydrogen-bond donors (Lipinski definition) is 1. The molecule has 85 valence electrons. The second-order valence-electron chi connectivity index (χ2n) is 3.97. The van der Waals surface area contributed by atoms with E-state index in [-0.39, 0.29) is 51.4 Å². The maximum absolute atomic E-state index is 10.2. The molecule has 0 spiro atoms. The molecule has 0 amide bonds. The van der Waals surface area contributed by atoms with Crippen LogP contribution in [-0.4, -0.2) is 62.5 Å². The molecule has 15 heavy (non-hydrogen) atoms. The van der Waals surface area contributed by atoms with Crippen LogP contribution in [0.15, 0.2) is 0 Å². The molecule has 0 unspecified atom stereocenters. The molecule has 0 aliphatic heterocycles. The van der Waals surface area contributed by atoms with Gasteiger partial charge in [0.25, 0.3) is 0 Å². The maximum Gasteiger partial charge on any atom is 0.303 e. The summed E-state index contributed by atoms with van der Waals surface area (Å²) in [5.74, 6) is -0.659. The minimum absolute atomic E-state index is 0. The van der Waals surface area contributed by atoms with Crippen molar-refractivity contribution in [1.82, 2.24) is 0 Å². The predicted molar refractivity (Wildman–Crippen MR) is 65.2 cm³/mol. The van der Waals surface area contributed by atoms with Crippen molar-refractivity contribution >= 4 is 57.4 Å². The molecule has 0 atom stereocenters. The Hall–Kier alpha value is 1.11. The van der Waals surface area contributed by atoms with Gasteiger partial charge in [0.2, 0.25) is 0 Å². The molecule has 1 N–H and O–H groups in total. The van der Waals surface area contributed by atoms with Gasteiger partial charge in [-0.25, -0.2) is 0 Å². The number of carboxylic acid groups (broad SMARTS) is 1. The normalized spacial score (nSPS) is 9.67. The molecule has 3 heteroatoms. The van der Waals surface area contributed by atoms with Gasteiger partial charge in [-0.1, -0.05) is 58.3 Å². The second kappa shape index (κ2) is 15.1. The molecule has 1 radical (unpaired) electrons. The minimum Gasteiger partial charge on any atom is -0.481 e. The zero-order valence-electron chi connectivity index (χ0n) is 10.4. The van der Waals surface area contributed by atoms with Crippen molar-refractivity contribution in [2.45, 2.75) is 71.1 Å². The van der Waals surface area contributed by atoms with Crippen LogP contribution in [0.2, 0.25) is 0 Å². The Morgan fingerprint density at radius 2 is 1.27 bits per heavy atom. The SMILES string of the molecule is CCCCCCCCCCCC(=O)O.[K]. The summed E-state index contributed by atoms with van der Waals surface area (Å²) in [6.45, 7) is 2.23. The first-order chi connectivity index (χ1) is 6.77. The topological polar surface area (TPSA) is 37.3 Å². The summed E-state index contributed by atoms with van der Waals surface area (Å²) in [6, 6.07) is 0. The molecule has 2 nitrogen and oxygen atoms in total. The van der Waals surface area contributed by atoms with E-state index in [1.807, 2.05) is 0 Å². The summed E-state index contributed by atoms with van der Waals surface area (Å²) in [5, 5.41) is 8.41. The smallest absolute Gasteiger partial charge is 0.303 e. The molecule has 0 aliphatic carbocycles. The van der Waals surface area contributed by atoms with Crippen LogP contribution in [0.5, 0.6) is 0 Å². The minimum atomic E-state index is -0.659. The molecular weight excluding hydrogens is 215 g/mol. The number of unbranched alkanes of at least 4 members (excludes halogenated alkanes) is 8. The van der Waals surface area contributed by atoms with Crippen molar-refractivity contribution in [2.75, 3.05) is 0 Å². The van der Waals surface area contributed by atoms with Crippen molar-refractivity contribution in [3.63, 3.8) is 0 Å². The average Bonchev–Trinajstić information content (AvgIpc) is 2.15. The Morgan fingerprint density at radius 1 is 0.867 bits per heavy atom. The third-order valence-electron chi connectivity index (χ3n) is 2.49. The first kappa shape index (κ1) is 18.5. The summed E-state index contributed by atoms with van der Waals surface area (Å²) in [6.07, 6.45) is 11.5. The van der Waals surface area contributed by atoms with Crippen molar-refractivity contribution in [1.29, 1.82) is 0 Å². The molecular formula is C12H24KO2. The van der Waals surface area contributed by atoms with Crippen LogP contribution in [-0.2, 0) is 4.79 Å². The van der Waals surface area contributed by atoms with Gasteiger partial charge >= 0.3 is 5.97 Å².